The summed E-state index contributed by atoms with van der Waals surface area (Å²) >= 11 is 0. The normalized spacial score (nSPS) is 31.7. The molecule has 1 aliphatic heterocycles. The van der Waals surface area contributed by atoms with Gasteiger partial charge < -0.3 is 16.0 Å². The Morgan fingerprint density at radius 3 is 2.25 bits per heavy atom. The molecule has 0 unspecified atom stereocenters. The fourth-order valence-electron chi connectivity index (χ4n) is 5.59. The van der Waals surface area contributed by atoms with Gasteiger partial charge in [-0.2, -0.15) is 0 Å². The van der Waals surface area contributed by atoms with Gasteiger partial charge in [0.05, 0.1) is 11.0 Å². The molecule has 3 fully saturated rings. The molecule has 0 radical (unpaired) electrons. The van der Waals surface area contributed by atoms with Gasteiger partial charge in [0.1, 0.15) is 0 Å². The van der Waals surface area contributed by atoms with Crippen LogP contribution in [0.2, 0.25) is 0 Å². The second-order valence-electron chi connectivity index (χ2n) is 9.26. The summed E-state index contributed by atoms with van der Waals surface area (Å²) in [6.45, 7) is 1.13. The van der Waals surface area contributed by atoms with Crippen molar-refractivity contribution in [3.63, 3.8) is 0 Å². The third kappa shape index (κ3) is 2.81. The van der Waals surface area contributed by atoms with Gasteiger partial charge in [0.2, 0.25) is 5.91 Å². The number of primary amides is 1. The number of nitrogens with one attached hydrogen (secondary N) is 1. The highest BCUT2D eigenvalue weighted by Crippen LogP contribution is 2.50. The smallest absolute Gasteiger partial charge is 0.318 e. The van der Waals surface area contributed by atoms with E-state index >= 15 is 0 Å². The van der Waals surface area contributed by atoms with E-state index in [1.54, 1.807) is 0 Å². The minimum atomic E-state index is -0.524. The van der Waals surface area contributed by atoms with Crippen LogP contribution in [0.4, 0.5) is 4.79 Å². The van der Waals surface area contributed by atoms with Crippen LogP contribution >= 0.6 is 0 Å². The molecule has 28 heavy (non-hydrogen) atoms. The van der Waals surface area contributed by atoms with Crippen molar-refractivity contribution in [2.75, 3.05) is 27.2 Å². The first-order valence-electron chi connectivity index (χ1n) is 10.4. The van der Waals surface area contributed by atoms with Crippen molar-refractivity contribution in [3.05, 3.63) is 35.9 Å². The van der Waals surface area contributed by atoms with Crippen LogP contribution in [0, 0.1) is 5.41 Å². The van der Waals surface area contributed by atoms with Crippen LogP contribution in [-0.4, -0.2) is 54.5 Å². The van der Waals surface area contributed by atoms with Crippen LogP contribution in [0.25, 0.3) is 0 Å². The topological polar surface area (TPSA) is 78.7 Å². The SMILES string of the molecule is CN(C)C1(c2ccccc2)CCC2(CC1)CNC(=O)N2CC1(C(N)=O)CCC1. The first-order chi connectivity index (χ1) is 13.3. The van der Waals surface area contributed by atoms with Crippen molar-refractivity contribution < 1.29 is 9.59 Å². The number of nitrogens with zero attached hydrogens (tertiary/aromatic N) is 2. The van der Waals surface area contributed by atoms with E-state index in [2.05, 4.69) is 54.6 Å². The molecule has 2 saturated carbocycles. The van der Waals surface area contributed by atoms with Crippen LogP contribution in [0.5, 0.6) is 0 Å². The molecule has 3 N–H and O–H groups in total. The first kappa shape index (κ1) is 19.2. The van der Waals surface area contributed by atoms with Crippen molar-refractivity contribution >= 4 is 11.9 Å². The average molecular weight is 385 g/mol. The number of urea groups is 1. The van der Waals surface area contributed by atoms with E-state index in [1.807, 2.05) is 4.90 Å². The van der Waals surface area contributed by atoms with Gasteiger partial charge in [-0.15, -0.1) is 0 Å². The fourth-order valence-corrected chi connectivity index (χ4v) is 5.59. The molecule has 6 nitrogen and oxygen atoms in total. The highest BCUT2D eigenvalue weighted by atomic mass is 16.2. The number of hydrogen-bond acceptors (Lipinski definition) is 3. The minimum Gasteiger partial charge on any atom is -0.369 e. The van der Waals surface area contributed by atoms with Crippen LogP contribution in [0.1, 0.15) is 50.5 Å². The van der Waals surface area contributed by atoms with Crippen LogP contribution < -0.4 is 11.1 Å². The lowest BCUT2D eigenvalue weighted by Crippen LogP contribution is -2.60. The van der Waals surface area contributed by atoms with Gasteiger partial charge in [0, 0.05) is 18.6 Å². The van der Waals surface area contributed by atoms with Crippen molar-refractivity contribution in [2.45, 2.75) is 56.0 Å². The highest BCUT2D eigenvalue weighted by molar-refractivity contribution is 5.84. The molecule has 0 atom stereocenters. The molecule has 0 bridgehead atoms. The number of carbonyl (C=O) groups excluding carboxylic acids is 2. The Balaban J connectivity index is 1.58. The molecule has 1 saturated heterocycles. The summed E-state index contributed by atoms with van der Waals surface area (Å²) in [6, 6.07) is 10.6. The Morgan fingerprint density at radius 2 is 1.75 bits per heavy atom. The summed E-state index contributed by atoms with van der Waals surface area (Å²) in [5, 5.41) is 3.06. The van der Waals surface area contributed by atoms with Gasteiger partial charge in [-0.25, -0.2) is 4.79 Å². The molecule has 1 heterocycles. The molecule has 1 aromatic rings. The number of amides is 3. The molecule has 4 rings (SSSR count). The second-order valence-corrected chi connectivity index (χ2v) is 9.26. The number of benzene rings is 1. The highest BCUT2D eigenvalue weighted by Gasteiger charge is 2.55. The largest absolute Gasteiger partial charge is 0.369 e. The number of rotatable bonds is 5. The van der Waals surface area contributed by atoms with Gasteiger partial charge >= 0.3 is 6.03 Å². The van der Waals surface area contributed by atoms with Crippen molar-refractivity contribution in [2.24, 2.45) is 11.1 Å². The summed E-state index contributed by atoms with van der Waals surface area (Å²) in [6.07, 6.45) is 6.43. The molecule has 1 aromatic carbocycles. The lowest BCUT2D eigenvalue weighted by molar-refractivity contribution is -0.134. The number of carbonyl (C=O) groups is 2. The average Bonchev–Trinajstić information content (AvgIpc) is 2.95. The summed E-state index contributed by atoms with van der Waals surface area (Å²) in [4.78, 5) is 29.1. The van der Waals surface area contributed by atoms with Gasteiger partial charge in [-0.05, 0) is 58.2 Å². The van der Waals surface area contributed by atoms with Gasteiger partial charge in [0.15, 0.2) is 0 Å². The van der Waals surface area contributed by atoms with Crippen LogP contribution in [-0.2, 0) is 10.3 Å². The molecular formula is C22H32N4O2. The maximum absolute atomic E-state index is 12.7. The van der Waals surface area contributed by atoms with E-state index < -0.39 is 5.41 Å². The maximum Gasteiger partial charge on any atom is 0.318 e. The monoisotopic (exact) mass is 384 g/mol. The van der Waals surface area contributed by atoms with E-state index in [4.69, 9.17) is 5.73 Å². The quantitative estimate of drug-likeness (QED) is 0.818. The van der Waals surface area contributed by atoms with E-state index in [0.717, 1.165) is 44.9 Å². The summed E-state index contributed by atoms with van der Waals surface area (Å²) in [5.41, 5.74) is 6.33. The summed E-state index contributed by atoms with van der Waals surface area (Å²) in [5.74, 6) is -0.253. The second kappa shape index (κ2) is 6.76. The minimum absolute atomic E-state index is 0.0122. The Hall–Kier alpha value is -2.08. The van der Waals surface area contributed by atoms with Crippen LogP contribution in [0.15, 0.2) is 30.3 Å². The molecule has 152 valence electrons. The van der Waals surface area contributed by atoms with Crippen molar-refractivity contribution in [1.82, 2.24) is 15.1 Å². The summed E-state index contributed by atoms with van der Waals surface area (Å²) < 4.78 is 0. The van der Waals surface area contributed by atoms with E-state index in [9.17, 15) is 9.59 Å². The first-order valence-corrected chi connectivity index (χ1v) is 10.4. The standard InChI is InChI=1S/C22H32N4O2/c1-25(2)22(17-7-4-3-5-8-17)13-11-21(12-14-22)15-24-19(28)26(21)16-20(18(23)27)9-6-10-20/h3-5,7-8H,6,9-16H2,1-2H3,(H2,23,27)(H,24,28). The zero-order valence-corrected chi connectivity index (χ0v) is 17.0. The van der Waals surface area contributed by atoms with Gasteiger partial charge in [0.25, 0.3) is 0 Å². The molecule has 3 amide bonds. The molecule has 6 heteroatoms. The van der Waals surface area contributed by atoms with Crippen molar-refractivity contribution in [3.8, 4) is 0 Å². The zero-order valence-electron chi connectivity index (χ0n) is 17.0. The molecule has 2 aliphatic carbocycles. The van der Waals surface area contributed by atoms with Gasteiger partial charge in [-0.3, -0.25) is 9.69 Å². The van der Waals surface area contributed by atoms with Gasteiger partial charge in [-0.1, -0.05) is 36.8 Å². The summed E-state index contributed by atoms with van der Waals surface area (Å²) in [7, 11) is 4.30. The predicted octanol–water partition coefficient (Wildman–Crippen LogP) is 2.44. The molecule has 3 aliphatic rings. The number of hydrogen-bond donors (Lipinski definition) is 2. The Morgan fingerprint density at radius 1 is 1.11 bits per heavy atom. The zero-order chi connectivity index (χ0) is 20.0. The van der Waals surface area contributed by atoms with Crippen molar-refractivity contribution in [1.29, 1.82) is 0 Å². The Kier molecular flexibility index (Phi) is 4.65. The Bertz CT molecular complexity index is 749. The Labute approximate surface area is 167 Å². The molecular weight excluding hydrogens is 352 g/mol. The number of nitrogens with two attached hydrogens (primary N) is 1. The third-order valence-corrected chi connectivity index (χ3v) is 7.86. The van der Waals surface area contributed by atoms with E-state index in [0.29, 0.717) is 13.1 Å². The third-order valence-electron chi connectivity index (χ3n) is 7.86. The lowest BCUT2D eigenvalue weighted by Gasteiger charge is -2.52. The lowest BCUT2D eigenvalue weighted by atomic mass is 9.65. The maximum atomic E-state index is 12.7. The van der Waals surface area contributed by atoms with E-state index in [1.165, 1.54) is 5.56 Å². The van der Waals surface area contributed by atoms with E-state index in [-0.39, 0.29) is 23.0 Å². The fraction of sp³-hybridized carbons (Fsp3) is 0.636. The molecule has 0 aromatic heterocycles. The van der Waals surface area contributed by atoms with Crippen LogP contribution in [0.3, 0.4) is 0 Å². The molecule has 1 spiro atoms. The predicted molar refractivity (Wildman–Crippen MR) is 109 cm³/mol.